The lowest BCUT2D eigenvalue weighted by atomic mass is 9.86. The van der Waals surface area contributed by atoms with Gasteiger partial charge in [-0.3, -0.25) is 4.79 Å². The van der Waals surface area contributed by atoms with E-state index >= 15 is 0 Å². The van der Waals surface area contributed by atoms with Gasteiger partial charge in [0.05, 0.1) is 0 Å². The van der Waals surface area contributed by atoms with Gasteiger partial charge in [-0.1, -0.05) is 74.9 Å². The summed E-state index contributed by atoms with van der Waals surface area (Å²) in [5.41, 5.74) is 8.32. The van der Waals surface area contributed by atoms with Gasteiger partial charge in [-0.25, -0.2) is 0 Å². The molecule has 33 heavy (non-hydrogen) atoms. The molecule has 3 rings (SSSR count). The normalized spacial score (nSPS) is 14.7. The quantitative estimate of drug-likeness (QED) is 0.425. The minimum atomic E-state index is 0.0401. The van der Waals surface area contributed by atoms with E-state index in [0.29, 0.717) is 6.54 Å². The van der Waals surface area contributed by atoms with E-state index in [-0.39, 0.29) is 17.4 Å². The Labute approximate surface area is 199 Å². The summed E-state index contributed by atoms with van der Waals surface area (Å²) in [5, 5.41) is 6.59. The minimum absolute atomic E-state index is 0.0401. The van der Waals surface area contributed by atoms with E-state index in [2.05, 4.69) is 99.5 Å². The van der Waals surface area contributed by atoms with Crippen molar-refractivity contribution in [2.24, 2.45) is 0 Å². The van der Waals surface area contributed by atoms with Gasteiger partial charge in [-0.2, -0.15) is 0 Å². The third-order valence-electron chi connectivity index (χ3n) is 6.22. The molecule has 2 aromatic carbocycles. The van der Waals surface area contributed by atoms with Crippen molar-refractivity contribution >= 4 is 11.6 Å². The third kappa shape index (κ3) is 6.95. The Balaban J connectivity index is 1.58. The zero-order valence-electron chi connectivity index (χ0n) is 20.8. The number of nitrogens with one attached hydrogen (secondary N) is 2. The smallest absolute Gasteiger partial charge is 0.247 e. The molecule has 3 nitrogen and oxygen atoms in total. The summed E-state index contributed by atoms with van der Waals surface area (Å²) >= 11 is 0. The zero-order chi connectivity index (χ0) is 24.0. The summed E-state index contributed by atoms with van der Waals surface area (Å²) in [6.45, 7) is 15.4. The summed E-state index contributed by atoms with van der Waals surface area (Å²) in [6.07, 6.45) is 6.56. The van der Waals surface area contributed by atoms with Crippen molar-refractivity contribution in [2.45, 2.75) is 65.3 Å². The zero-order valence-corrected chi connectivity index (χ0v) is 20.8. The summed E-state index contributed by atoms with van der Waals surface area (Å²) in [7, 11) is 0. The average Bonchev–Trinajstić information content (AvgIpc) is 2.79. The molecule has 1 unspecified atom stereocenters. The van der Waals surface area contributed by atoms with Gasteiger partial charge in [0.25, 0.3) is 0 Å². The maximum Gasteiger partial charge on any atom is 0.247 e. The van der Waals surface area contributed by atoms with Crippen LogP contribution in [0, 0.1) is 0 Å². The van der Waals surface area contributed by atoms with Crippen molar-refractivity contribution in [3.8, 4) is 11.1 Å². The molecule has 0 aromatic heterocycles. The Kier molecular flexibility index (Phi) is 7.97. The van der Waals surface area contributed by atoms with Gasteiger partial charge in [0, 0.05) is 23.8 Å². The summed E-state index contributed by atoms with van der Waals surface area (Å²) in [4.78, 5) is 12.3. The Morgan fingerprint density at radius 2 is 1.58 bits per heavy atom. The molecule has 2 aromatic rings. The molecule has 3 heteroatoms. The number of hydrogen-bond acceptors (Lipinski definition) is 2. The SMILES string of the molecule is C=C(C)CCNC(=O)C1=CC=C(C(C)Nc2ccc(-c3ccc(C(C)(C)C)cc3)cc2)CC1. The first-order valence-electron chi connectivity index (χ1n) is 11.9. The first-order chi connectivity index (χ1) is 15.6. The predicted molar refractivity (Wildman–Crippen MR) is 142 cm³/mol. The maximum absolute atomic E-state index is 12.3. The van der Waals surface area contributed by atoms with Crippen molar-refractivity contribution in [3.05, 3.63) is 89.5 Å². The van der Waals surface area contributed by atoms with Crippen LogP contribution in [0.4, 0.5) is 5.69 Å². The number of carbonyl (C=O) groups is 1. The molecule has 0 spiro atoms. The number of hydrogen-bond donors (Lipinski definition) is 2. The third-order valence-corrected chi connectivity index (χ3v) is 6.22. The van der Waals surface area contributed by atoms with Crippen LogP contribution in [0.3, 0.4) is 0 Å². The minimum Gasteiger partial charge on any atom is -0.379 e. The Bertz CT molecular complexity index is 1030. The van der Waals surface area contributed by atoms with Gasteiger partial charge in [-0.05, 0) is 72.9 Å². The number of anilines is 1. The molecule has 0 aliphatic heterocycles. The first kappa shape index (κ1) is 24.6. The molecule has 2 N–H and O–H groups in total. The van der Waals surface area contributed by atoms with Gasteiger partial charge in [0.1, 0.15) is 0 Å². The van der Waals surface area contributed by atoms with Crippen molar-refractivity contribution in [2.75, 3.05) is 11.9 Å². The average molecular weight is 443 g/mol. The number of benzene rings is 2. The second kappa shape index (κ2) is 10.7. The Morgan fingerprint density at radius 1 is 0.970 bits per heavy atom. The van der Waals surface area contributed by atoms with Gasteiger partial charge >= 0.3 is 0 Å². The van der Waals surface area contributed by atoms with Crippen LogP contribution in [-0.4, -0.2) is 18.5 Å². The molecule has 0 heterocycles. The summed E-state index contributed by atoms with van der Waals surface area (Å²) in [6, 6.07) is 17.7. The molecule has 1 aliphatic carbocycles. The second-order valence-electron chi connectivity index (χ2n) is 10.2. The van der Waals surface area contributed by atoms with Crippen molar-refractivity contribution < 1.29 is 4.79 Å². The highest BCUT2D eigenvalue weighted by Crippen LogP contribution is 2.28. The van der Waals surface area contributed by atoms with E-state index < -0.39 is 0 Å². The first-order valence-corrected chi connectivity index (χ1v) is 11.9. The monoisotopic (exact) mass is 442 g/mol. The molecule has 1 atom stereocenters. The maximum atomic E-state index is 12.3. The fraction of sp³-hybridized carbons (Fsp3) is 0.367. The van der Waals surface area contributed by atoms with E-state index in [1.165, 1.54) is 22.3 Å². The molecular formula is C30H38N2O. The summed E-state index contributed by atoms with van der Waals surface area (Å²) in [5.74, 6) is 0.0401. The largest absolute Gasteiger partial charge is 0.379 e. The van der Waals surface area contributed by atoms with Gasteiger partial charge < -0.3 is 10.6 Å². The van der Waals surface area contributed by atoms with E-state index in [1.807, 2.05) is 13.0 Å². The van der Waals surface area contributed by atoms with Crippen LogP contribution in [0.25, 0.3) is 11.1 Å². The molecule has 0 bridgehead atoms. The molecule has 0 radical (unpaired) electrons. The van der Waals surface area contributed by atoms with Crippen molar-refractivity contribution in [1.82, 2.24) is 5.32 Å². The van der Waals surface area contributed by atoms with Gasteiger partial charge in [-0.15, -0.1) is 6.58 Å². The van der Waals surface area contributed by atoms with Crippen LogP contribution >= 0.6 is 0 Å². The van der Waals surface area contributed by atoms with Crippen LogP contribution < -0.4 is 10.6 Å². The molecule has 174 valence electrons. The number of allylic oxidation sites excluding steroid dienone is 2. The summed E-state index contributed by atoms with van der Waals surface area (Å²) < 4.78 is 0. The van der Waals surface area contributed by atoms with E-state index in [0.717, 1.165) is 36.1 Å². The highest BCUT2D eigenvalue weighted by molar-refractivity contribution is 5.94. The standard InChI is InChI=1S/C30H38N2O/c1-21(2)19-20-31-29(33)26-9-7-23(8-10-26)22(3)32-28-17-13-25(14-18-28)24-11-15-27(16-12-24)30(4,5)6/h7,9,11-18,22,32H,1,8,10,19-20H2,2-6H3,(H,31,33). The Morgan fingerprint density at radius 3 is 2.09 bits per heavy atom. The van der Waals surface area contributed by atoms with E-state index in [9.17, 15) is 4.79 Å². The van der Waals surface area contributed by atoms with Crippen LogP contribution in [0.15, 0.2) is 84.0 Å². The number of rotatable bonds is 8. The number of carbonyl (C=O) groups excluding carboxylic acids is 1. The predicted octanol–water partition coefficient (Wildman–Crippen LogP) is 7.18. The van der Waals surface area contributed by atoms with Crippen molar-refractivity contribution in [3.63, 3.8) is 0 Å². The highest BCUT2D eigenvalue weighted by atomic mass is 16.1. The topological polar surface area (TPSA) is 41.1 Å². The Hall–Kier alpha value is -3.07. The lowest BCUT2D eigenvalue weighted by Crippen LogP contribution is -2.27. The van der Waals surface area contributed by atoms with Crippen molar-refractivity contribution in [1.29, 1.82) is 0 Å². The molecule has 1 aliphatic rings. The molecular weight excluding hydrogens is 404 g/mol. The number of amides is 1. The second-order valence-corrected chi connectivity index (χ2v) is 10.2. The van der Waals surface area contributed by atoms with Crippen LogP contribution in [0.2, 0.25) is 0 Å². The fourth-order valence-corrected chi connectivity index (χ4v) is 3.97. The van der Waals surface area contributed by atoms with Gasteiger partial charge in [0.2, 0.25) is 5.91 Å². The van der Waals surface area contributed by atoms with Crippen LogP contribution in [0.1, 0.15) is 59.4 Å². The molecule has 0 fully saturated rings. The lowest BCUT2D eigenvalue weighted by Gasteiger charge is -2.22. The molecule has 1 amide bonds. The highest BCUT2D eigenvalue weighted by Gasteiger charge is 2.17. The van der Waals surface area contributed by atoms with Crippen LogP contribution in [0.5, 0.6) is 0 Å². The van der Waals surface area contributed by atoms with Crippen LogP contribution in [-0.2, 0) is 10.2 Å². The lowest BCUT2D eigenvalue weighted by molar-refractivity contribution is -0.117. The molecule has 0 saturated heterocycles. The van der Waals surface area contributed by atoms with E-state index in [1.54, 1.807) is 0 Å². The van der Waals surface area contributed by atoms with Gasteiger partial charge in [0.15, 0.2) is 0 Å². The van der Waals surface area contributed by atoms with E-state index in [4.69, 9.17) is 0 Å². The molecule has 0 saturated carbocycles. The fourth-order valence-electron chi connectivity index (χ4n) is 3.97.